The van der Waals surface area contributed by atoms with Crippen molar-refractivity contribution >= 4 is 23.2 Å². The van der Waals surface area contributed by atoms with E-state index in [9.17, 15) is 9.59 Å². The van der Waals surface area contributed by atoms with Gasteiger partial charge in [0.25, 0.3) is 0 Å². The molecule has 3 heterocycles. The molecule has 0 bridgehead atoms. The molecule has 2 aliphatic rings. The highest BCUT2D eigenvalue weighted by Gasteiger charge is 2.32. The van der Waals surface area contributed by atoms with Crippen molar-refractivity contribution in [2.75, 3.05) is 32.7 Å². The van der Waals surface area contributed by atoms with Gasteiger partial charge >= 0.3 is 0 Å². The molecule has 1 N–H and O–H groups in total. The number of hydrogen-bond donors (Lipinski definition) is 1. The van der Waals surface area contributed by atoms with Crippen LogP contribution in [0.3, 0.4) is 0 Å². The van der Waals surface area contributed by atoms with Crippen LogP contribution in [0.15, 0.2) is 10.9 Å². The van der Waals surface area contributed by atoms with Crippen molar-refractivity contribution in [1.29, 1.82) is 0 Å². The van der Waals surface area contributed by atoms with Crippen LogP contribution in [0.25, 0.3) is 0 Å². The first kappa shape index (κ1) is 13.5. The predicted octanol–water partition coefficient (Wildman–Crippen LogP) is -0.0766. The van der Waals surface area contributed by atoms with Gasteiger partial charge in [0.05, 0.1) is 17.1 Å². The molecule has 20 heavy (non-hydrogen) atoms. The molecule has 3 rings (SSSR count). The van der Waals surface area contributed by atoms with Gasteiger partial charge in [-0.1, -0.05) is 0 Å². The van der Waals surface area contributed by atoms with Gasteiger partial charge in [0.2, 0.25) is 11.8 Å². The van der Waals surface area contributed by atoms with Crippen LogP contribution in [0.5, 0.6) is 0 Å². The summed E-state index contributed by atoms with van der Waals surface area (Å²) in [6.45, 7) is 4.59. The van der Waals surface area contributed by atoms with Crippen molar-refractivity contribution < 1.29 is 9.59 Å². The number of carbonyl (C=O) groups is 2. The monoisotopic (exact) mass is 294 g/mol. The Morgan fingerprint density at radius 3 is 2.80 bits per heavy atom. The Morgan fingerprint density at radius 1 is 1.40 bits per heavy atom. The molecule has 1 aromatic heterocycles. The van der Waals surface area contributed by atoms with E-state index in [0.717, 1.165) is 38.4 Å². The van der Waals surface area contributed by atoms with Gasteiger partial charge in [-0.15, -0.1) is 11.3 Å². The zero-order valence-corrected chi connectivity index (χ0v) is 12.1. The Balaban J connectivity index is 1.48. The van der Waals surface area contributed by atoms with Gasteiger partial charge in [0.1, 0.15) is 0 Å². The molecular weight excluding hydrogens is 276 g/mol. The SMILES string of the molecule is O=C1CC(C(=O)N2CCN(Cc3cscn3)CC2)CN1. The molecule has 0 aromatic carbocycles. The van der Waals surface area contributed by atoms with E-state index in [0.29, 0.717) is 13.0 Å². The van der Waals surface area contributed by atoms with E-state index >= 15 is 0 Å². The van der Waals surface area contributed by atoms with Crippen LogP contribution in [-0.4, -0.2) is 59.3 Å². The third kappa shape index (κ3) is 2.99. The first-order chi connectivity index (χ1) is 9.72. The van der Waals surface area contributed by atoms with Crippen LogP contribution in [0.2, 0.25) is 0 Å². The summed E-state index contributed by atoms with van der Waals surface area (Å²) >= 11 is 1.61. The van der Waals surface area contributed by atoms with Gasteiger partial charge < -0.3 is 10.2 Å². The van der Waals surface area contributed by atoms with E-state index in [-0.39, 0.29) is 17.7 Å². The van der Waals surface area contributed by atoms with E-state index in [1.807, 2.05) is 10.4 Å². The quantitative estimate of drug-likeness (QED) is 0.847. The van der Waals surface area contributed by atoms with Gasteiger partial charge in [0, 0.05) is 51.1 Å². The molecule has 1 atom stereocenters. The zero-order valence-electron chi connectivity index (χ0n) is 11.2. The van der Waals surface area contributed by atoms with Gasteiger partial charge in [-0.3, -0.25) is 14.5 Å². The van der Waals surface area contributed by atoms with E-state index in [2.05, 4.69) is 20.6 Å². The summed E-state index contributed by atoms with van der Waals surface area (Å²) in [6.07, 6.45) is 0.345. The van der Waals surface area contributed by atoms with E-state index in [4.69, 9.17) is 0 Å². The fourth-order valence-corrected chi connectivity index (χ4v) is 3.26. The summed E-state index contributed by atoms with van der Waals surface area (Å²) in [5.41, 5.74) is 2.94. The molecular formula is C13H18N4O2S. The van der Waals surface area contributed by atoms with Crippen molar-refractivity contribution in [3.8, 4) is 0 Å². The highest BCUT2D eigenvalue weighted by Crippen LogP contribution is 2.15. The van der Waals surface area contributed by atoms with Crippen molar-refractivity contribution in [2.24, 2.45) is 5.92 Å². The fourth-order valence-electron chi connectivity index (χ4n) is 2.71. The van der Waals surface area contributed by atoms with Crippen molar-refractivity contribution in [3.05, 3.63) is 16.6 Å². The number of amides is 2. The number of carbonyl (C=O) groups excluding carboxylic acids is 2. The first-order valence-corrected chi connectivity index (χ1v) is 7.81. The van der Waals surface area contributed by atoms with Crippen LogP contribution in [0.1, 0.15) is 12.1 Å². The molecule has 6 nitrogen and oxygen atoms in total. The second-order valence-corrected chi connectivity index (χ2v) is 6.01. The highest BCUT2D eigenvalue weighted by atomic mass is 32.1. The number of rotatable bonds is 3. The second kappa shape index (κ2) is 5.88. The average molecular weight is 294 g/mol. The van der Waals surface area contributed by atoms with Gasteiger partial charge in [-0.05, 0) is 0 Å². The Kier molecular flexibility index (Phi) is 3.98. The van der Waals surface area contributed by atoms with Crippen molar-refractivity contribution in [2.45, 2.75) is 13.0 Å². The molecule has 2 saturated heterocycles. The summed E-state index contributed by atoms with van der Waals surface area (Å²) in [4.78, 5) is 31.9. The lowest BCUT2D eigenvalue weighted by Crippen LogP contribution is -2.50. The van der Waals surface area contributed by atoms with Crippen LogP contribution in [0.4, 0.5) is 0 Å². The number of hydrogen-bond acceptors (Lipinski definition) is 5. The number of piperazine rings is 1. The minimum Gasteiger partial charge on any atom is -0.355 e. The summed E-state index contributed by atoms with van der Waals surface area (Å²) in [5, 5.41) is 4.79. The predicted molar refractivity (Wildman–Crippen MR) is 75.1 cm³/mol. The summed E-state index contributed by atoms with van der Waals surface area (Å²) in [6, 6.07) is 0. The Hall–Kier alpha value is -1.47. The van der Waals surface area contributed by atoms with Gasteiger partial charge in [-0.25, -0.2) is 4.98 Å². The fraction of sp³-hybridized carbons (Fsp3) is 0.615. The average Bonchev–Trinajstić information content (AvgIpc) is 3.10. The molecule has 1 aromatic rings. The first-order valence-electron chi connectivity index (χ1n) is 6.87. The van der Waals surface area contributed by atoms with Gasteiger partial charge in [0.15, 0.2) is 0 Å². The molecule has 2 aliphatic heterocycles. The van der Waals surface area contributed by atoms with E-state index in [1.165, 1.54) is 0 Å². The maximum absolute atomic E-state index is 12.3. The van der Waals surface area contributed by atoms with Crippen molar-refractivity contribution in [3.63, 3.8) is 0 Å². The Morgan fingerprint density at radius 2 is 2.20 bits per heavy atom. The molecule has 0 saturated carbocycles. The summed E-state index contributed by atoms with van der Waals surface area (Å²) < 4.78 is 0. The highest BCUT2D eigenvalue weighted by molar-refractivity contribution is 7.07. The molecule has 2 fully saturated rings. The number of thiazole rings is 1. The maximum atomic E-state index is 12.3. The molecule has 0 spiro atoms. The normalized spacial score (nSPS) is 23.9. The largest absolute Gasteiger partial charge is 0.355 e. The third-order valence-corrected chi connectivity index (χ3v) is 4.51. The smallest absolute Gasteiger partial charge is 0.228 e. The van der Waals surface area contributed by atoms with Crippen LogP contribution in [0, 0.1) is 5.92 Å². The number of nitrogens with one attached hydrogen (secondary N) is 1. The molecule has 0 aliphatic carbocycles. The van der Waals surface area contributed by atoms with Crippen LogP contribution < -0.4 is 5.32 Å². The Labute approximate surface area is 121 Å². The number of nitrogens with zero attached hydrogens (tertiary/aromatic N) is 3. The molecule has 108 valence electrons. The maximum Gasteiger partial charge on any atom is 0.228 e. The van der Waals surface area contributed by atoms with Crippen LogP contribution in [-0.2, 0) is 16.1 Å². The molecule has 1 unspecified atom stereocenters. The van der Waals surface area contributed by atoms with Crippen LogP contribution >= 0.6 is 11.3 Å². The topological polar surface area (TPSA) is 65.5 Å². The van der Waals surface area contributed by atoms with E-state index in [1.54, 1.807) is 11.3 Å². The van der Waals surface area contributed by atoms with E-state index < -0.39 is 0 Å². The minimum atomic E-state index is -0.160. The number of aromatic nitrogens is 1. The van der Waals surface area contributed by atoms with Crippen molar-refractivity contribution in [1.82, 2.24) is 20.1 Å². The lowest BCUT2D eigenvalue weighted by atomic mass is 10.1. The third-order valence-electron chi connectivity index (χ3n) is 3.88. The standard InChI is InChI=1S/C13H18N4O2S/c18-12-5-10(6-14-12)13(19)17-3-1-16(2-4-17)7-11-8-20-9-15-11/h8-10H,1-7H2,(H,14,18). The Bertz CT molecular complexity index is 483. The second-order valence-electron chi connectivity index (χ2n) is 5.29. The minimum absolute atomic E-state index is 0.00878. The molecule has 7 heteroatoms. The summed E-state index contributed by atoms with van der Waals surface area (Å²) in [5.74, 6) is -0.0465. The summed E-state index contributed by atoms with van der Waals surface area (Å²) in [7, 11) is 0. The molecule has 2 amide bonds. The lowest BCUT2D eigenvalue weighted by molar-refractivity contribution is -0.137. The lowest BCUT2D eigenvalue weighted by Gasteiger charge is -2.35. The van der Waals surface area contributed by atoms with Gasteiger partial charge in [-0.2, -0.15) is 0 Å². The zero-order chi connectivity index (χ0) is 13.9. The molecule has 0 radical (unpaired) electrons.